The van der Waals surface area contributed by atoms with E-state index in [4.69, 9.17) is 14.7 Å². The van der Waals surface area contributed by atoms with Crippen LogP contribution in [0.5, 0.6) is 5.75 Å². The van der Waals surface area contributed by atoms with Crippen LogP contribution in [0.4, 0.5) is 0 Å². The summed E-state index contributed by atoms with van der Waals surface area (Å²) in [5.74, 6) is 0.164. The van der Waals surface area contributed by atoms with Gasteiger partial charge in [0, 0.05) is 6.54 Å². The molecule has 106 valence electrons. The van der Waals surface area contributed by atoms with E-state index >= 15 is 0 Å². The Morgan fingerprint density at radius 3 is 2.95 bits per heavy atom. The third-order valence-corrected chi connectivity index (χ3v) is 2.40. The van der Waals surface area contributed by atoms with Gasteiger partial charge < -0.3 is 14.8 Å². The summed E-state index contributed by atoms with van der Waals surface area (Å²) in [6, 6.07) is 8.80. The summed E-state index contributed by atoms with van der Waals surface area (Å²) in [5.41, 5.74) is 0.410. The van der Waals surface area contributed by atoms with Crippen molar-refractivity contribution in [1.29, 1.82) is 5.26 Å². The first-order valence-corrected chi connectivity index (χ1v) is 6.35. The SMILES string of the molecule is C=CCCOCCNC(=O)COc1ccccc1C#N. The van der Waals surface area contributed by atoms with E-state index in [0.717, 1.165) is 6.42 Å². The van der Waals surface area contributed by atoms with E-state index in [0.29, 0.717) is 31.1 Å². The molecule has 0 heterocycles. The number of ether oxygens (including phenoxy) is 2. The molecule has 1 rings (SSSR count). The fourth-order valence-electron chi connectivity index (χ4n) is 1.41. The van der Waals surface area contributed by atoms with E-state index < -0.39 is 0 Å². The van der Waals surface area contributed by atoms with Crippen LogP contribution in [0.1, 0.15) is 12.0 Å². The zero-order valence-corrected chi connectivity index (χ0v) is 11.3. The standard InChI is InChI=1S/C15H18N2O3/c1-2-3-9-19-10-8-17-15(18)12-20-14-7-5-4-6-13(14)11-16/h2,4-7H,1,3,8-10,12H2,(H,17,18). The molecule has 0 fully saturated rings. The van der Waals surface area contributed by atoms with E-state index in [1.807, 2.05) is 6.07 Å². The Balaban J connectivity index is 2.20. The predicted octanol–water partition coefficient (Wildman–Crippen LogP) is 1.65. The topological polar surface area (TPSA) is 71.3 Å². The number of benzene rings is 1. The van der Waals surface area contributed by atoms with Gasteiger partial charge in [-0.3, -0.25) is 4.79 Å². The molecule has 0 aliphatic rings. The van der Waals surface area contributed by atoms with Gasteiger partial charge in [0.05, 0.1) is 18.8 Å². The summed E-state index contributed by atoms with van der Waals surface area (Å²) in [5, 5.41) is 11.5. The van der Waals surface area contributed by atoms with Crippen LogP contribution in [0.2, 0.25) is 0 Å². The number of rotatable bonds is 9. The molecule has 0 aromatic heterocycles. The van der Waals surface area contributed by atoms with Gasteiger partial charge in [-0.2, -0.15) is 5.26 Å². The first-order valence-electron chi connectivity index (χ1n) is 6.35. The van der Waals surface area contributed by atoms with Gasteiger partial charge in [-0.1, -0.05) is 18.2 Å². The van der Waals surface area contributed by atoms with Crippen LogP contribution >= 0.6 is 0 Å². The van der Waals surface area contributed by atoms with Crippen LogP contribution in [0.3, 0.4) is 0 Å². The largest absolute Gasteiger partial charge is 0.482 e. The summed E-state index contributed by atoms with van der Waals surface area (Å²) in [4.78, 5) is 11.5. The fraction of sp³-hybridized carbons (Fsp3) is 0.333. The van der Waals surface area contributed by atoms with Gasteiger partial charge in [0.1, 0.15) is 11.8 Å². The summed E-state index contributed by atoms with van der Waals surface area (Å²) in [6.45, 7) is 4.95. The van der Waals surface area contributed by atoms with Crippen LogP contribution in [0, 0.1) is 11.3 Å². The van der Waals surface area contributed by atoms with E-state index in [1.165, 1.54) is 0 Å². The molecule has 0 atom stereocenters. The molecule has 5 nitrogen and oxygen atoms in total. The molecule has 0 spiro atoms. The molecule has 0 saturated heterocycles. The van der Waals surface area contributed by atoms with Gasteiger partial charge in [-0.05, 0) is 18.6 Å². The Hall–Kier alpha value is -2.32. The highest BCUT2D eigenvalue weighted by molar-refractivity contribution is 5.77. The molecule has 1 N–H and O–H groups in total. The normalized spacial score (nSPS) is 9.55. The van der Waals surface area contributed by atoms with Gasteiger partial charge in [0.2, 0.25) is 0 Å². The Morgan fingerprint density at radius 2 is 2.20 bits per heavy atom. The van der Waals surface area contributed by atoms with Crippen molar-refractivity contribution in [2.24, 2.45) is 0 Å². The van der Waals surface area contributed by atoms with Crippen LogP contribution in [-0.4, -0.2) is 32.3 Å². The molecule has 0 saturated carbocycles. The molecule has 0 unspecified atom stereocenters. The summed E-state index contributed by atoms with van der Waals surface area (Å²) >= 11 is 0. The Morgan fingerprint density at radius 1 is 1.40 bits per heavy atom. The molecule has 1 aromatic carbocycles. The zero-order chi connectivity index (χ0) is 14.6. The molecule has 0 aliphatic heterocycles. The first kappa shape index (κ1) is 15.7. The second kappa shape index (κ2) is 9.59. The van der Waals surface area contributed by atoms with E-state index in [1.54, 1.807) is 30.3 Å². The zero-order valence-electron chi connectivity index (χ0n) is 11.3. The molecule has 20 heavy (non-hydrogen) atoms. The van der Waals surface area contributed by atoms with E-state index in [-0.39, 0.29) is 12.5 Å². The quantitative estimate of drug-likeness (QED) is 0.549. The highest BCUT2D eigenvalue weighted by Crippen LogP contribution is 2.15. The summed E-state index contributed by atoms with van der Waals surface area (Å²) in [7, 11) is 0. The smallest absolute Gasteiger partial charge is 0.258 e. The Labute approximate surface area is 118 Å². The molecule has 0 bridgehead atoms. The van der Waals surface area contributed by atoms with Crippen LogP contribution < -0.4 is 10.1 Å². The number of amides is 1. The molecular formula is C15H18N2O3. The molecule has 1 aromatic rings. The Kier molecular flexibility index (Phi) is 7.55. The number of hydrogen-bond acceptors (Lipinski definition) is 4. The van der Waals surface area contributed by atoms with Gasteiger partial charge in [-0.25, -0.2) is 0 Å². The number of nitriles is 1. The molecule has 1 amide bonds. The summed E-state index contributed by atoms with van der Waals surface area (Å²) in [6.07, 6.45) is 2.57. The van der Waals surface area contributed by atoms with Crippen molar-refractivity contribution in [2.45, 2.75) is 6.42 Å². The highest BCUT2D eigenvalue weighted by Gasteiger charge is 2.05. The van der Waals surface area contributed by atoms with Crippen LogP contribution in [0.15, 0.2) is 36.9 Å². The predicted molar refractivity (Wildman–Crippen MR) is 75.3 cm³/mol. The molecule has 0 radical (unpaired) electrons. The second-order valence-electron chi connectivity index (χ2n) is 3.94. The number of hydrogen-bond donors (Lipinski definition) is 1. The minimum absolute atomic E-state index is 0.120. The molecular weight excluding hydrogens is 256 g/mol. The highest BCUT2D eigenvalue weighted by atomic mass is 16.5. The monoisotopic (exact) mass is 274 g/mol. The lowest BCUT2D eigenvalue weighted by atomic mass is 10.2. The molecule has 5 heteroatoms. The third kappa shape index (κ3) is 6.03. The van der Waals surface area contributed by atoms with Crippen molar-refractivity contribution < 1.29 is 14.3 Å². The van der Waals surface area contributed by atoms with Crippen molar-refractivity contribution in [3.05, 3.63) is 42.5 Å². The van der Waals surface area contributed by atoms with Crippen molar-refractivity contribution >= 4 is 5.91 Å². The van der Waals surface area contributed by atoms with Crippen molar-refractivity contribution in [3.63, 3.8) is 0 Å². The Bertz CT molecular complexity index is 480. The second-order valence-corrected chi connectivity index (χ2v) is 3.94. The first-order chi connectivity index (χ1) is 9.77. The number of carbonyl (C=O) groups excluding carboxylic acids is 1. The van der Waals surface area contributed by atoms with Crippen molar-refractivity contribution in [1.82, 2.24) is 5.32 Å². The van der Waals surface area contributed by atoms with Crippen molar-refractivity contribution in [2.75, 3.05) is 26.4 Å². The van der Waals surface area contributed by atoms with Crippen LogP contribution in [-0.2, 0) is 9.53 Å². The maximum atomic E-state index is 11.5. The van der Waals surface area contributed by atoms with E-state index in [9.17, 15) is 4.79 Å². The van der Waals surface area contributed by atoms with Crippen LogP contribution in [0.25, 0.3) is 0 Å². The van der Waals surface area contributed by atoms with E-state index in [2.05, 4.69) is 11.9 Å². The minimum atomic E-state index is -0.245. The van der Waals surface area contributed by atoms with Gasteiger partial charge >= 0.3 is 0 Å². The number of para-hydroxylation sites is 1. The number of nitrogens with one attached hydrogen (secondary N) is 1. The van der Waals surface area contributed by atoms with Crippen molar-refractivity contribution in [3.8, 4) is 11.8 Å². The van der Waals surface area contributed by atoms with Gasteiger partial charge in [0.25, 0.3) is 5.91 Å². The number of carbonyl (C=O) groups is 1. The fourth-order valence-corrected chi connectivity index (χ4v) is 1.41. The third-order valence-electron chi connectivity index (χ3n) is 2.40. The lowest BCUT2D eigenvalue weighted by Gasteiger charge is -2.08. The maximum Gasteiger partial charge on any atom is 0.258 e. The minimum Gasteiger partial charge on any atom is -0.482 e. The van der Waals surface area contributed by atoms with Gasteiger partial charge in [-0.15, -0.1) is 6.58 Å². The number of nitrogens with zero attached hydrogens (tertiary/aromatic N) is 1. The summed E-state index contributed by atoms with van der Waals surface area (Å²) < 4.78 is 10.6. The average Bonchev–Trinajstić information content (AvgIpc) is 2.49. The lowest BCUT2D eigenvalue weighted by Crippen LogP contribution is -2.31. The van der Waals surface area contributed by atoms with Gasteiger partial charge in [0.15, 0.2) is 6.61 Å². The lowest BCUT2D eigenvalue weighted by molar-refractivity contribution is -0.123. The molecule has 0 aliphatic carbocycles. The maximum absolute atomic E-state index is 11.5. The average molecular weight is 274 g/mol.